The molecule has 0 spiro atoms. The summed E-state index contributed by atoms with van der Waals surface area (Å²) in [4.78, 5) is 4.44. The van der Waals surface area contributed by atoms with Crippen LogP contribution in [0.1, 0.15) is 33.6 Å². The van der Waals surface area contributed by atoms with Crippen LogP contribution in [0.5, 0.6) is 5.75 Å². The number of hydrogen-bond acceptors (Lipinski definition) is 3. The van der Waals surface area contributed by atoms with Crippen molar-refractivity contribution in [3.05, 3.63) is 36.5 Å². The Balaban J connectivity index is 2.07. The first-order chi connectivity index (χ1) is 9.69. The van der Waals surface area contributed by atoms with E-state index in [2.05, 4.69) is 43.2 Å². The van der Waals surface area contributed by atoms with Crippen LogP contribution in [0.15, 0.2) is 36.5 Å². The molecule has 1 atom stereocenters. The first kappa shape index (κ1) is 14.8. The van der Waals surface area contributed by atoms with Crippen LogP contribution in [-0.2, 0) is 0 Å². The molecule has 1 heterocycles. The van der Waals surface area contributed by atoms with Crippen LogP contribution >= 0.6 is 0 Å². The number of nitrogens with zero attached hydrogens (tertiary/aromatic N) is 1. The van der Waals surface area contributed by atoms with Gasteiger partial charge in [-0.05, 0) is 18.6 Å². The smallest absolute Gasteiger partial charge is 0.138 e. The summed E-state index contributed by atoms with van der Waals surface area (Å²) in [5.74, 6) is 0.854. The number of aromatic nitrogens is 1. The van der Waals surface area contributed by atoms with E-state index in [0.29, 0.717) is 6.04 Å². The highest BCUT2D eigenvalue weighted by molar-refractivity contribution is 5.79. The molecule has 0 fully saturated rings. The Kier molecular flexibility index (Phi) is 5.36. The van der Waals surface area contributed by atoms with Crippen LogP contribution < -0.4 is 10.1 Å². The number of ether oxygens (including phenoxy) is 1. The van der Waals surface area contributed by atoms with Crippen molar-refractivity contribution in [2.24, 2.45) is 0 Å². The van der Waals surface area contributed by atoms with Crippen molar-refractivity contribution in [1.82, 2.24) is 10.3 Å². The maximum Gasteiger partial charge on any atom is 0.138 e. The highest BCUT2D eigenvalue weighted by Crippen LogP contribution is 2.19. The molecule has 1 unspecified atom stereocenters. The highest BCUT2D eigenvalue weighted by atomic mass is 16.5. The quantitative estimate of drug-likeness (QED) is 0.833. The van der Waals surface area contributed by atoms with Gasteiger partial charge in [0.15, 0.2) is 0 Å². The van der Waals surface area contributed by atoms with E-state index in [0.717, 1.165) is 36.0 Å². The van der Waals surface area contributed by atoms with Gasteiger partial charge in [0.05, 0.1) is 11.7 Å². The fourth-order valence-corrected chi connectivity index (χ4v) is 2.20. The SMILES string of the molecule is CCCC(CNC(C)C)Oc1cnc2ccccc2c1. The standard InChI is InChI=1S/C17H24N2O/c1-4-7-15(11-18-13(2)3)20-16-10-14-8-5-6-9-17(14)19-12-16/h5-6,8-10,12-13,15,18H,4,7,11H2,1-3H3. The molecule has 3 heteroatoms. The van der Waals surface area contributed by atoms with Crippen LogP contribution in [0.3, 0.4) is 0 Å². The van der Waals surface area contributed by atoms with E-state index in [1.807, 2.05) is 24.4 Å². The predicted octanol–water partition coefficient (Wildman–Crippen LogP) is 3.78. The van der Waals surface area contributed by atoms with Crippen molar-refractivity contribution in [3.63, 3.8) is 0 Å². The van der Waals surface area contributed by atoms with Gasteiger partial charge in [0.25, 0.3) is 0 Å². The molecule has 3 nitrogen and oxygen atoms in total. The topological polar surface area (TPSA) is 34.1 Å². The molecule has 0 radical (unpaired) electrons. The third-order valence-electron chi connectivity index (χ3n) is 3.23. The Hall–Kier alpha value is -1.61. The predicted molar refractivity (Wildman–Crippen MR) is 84.2 cm³/mol. The lowest BCUT2D eigenvalue weighted by Gasteiger charge is -2.20. The third-order valence-corrected chi connectivity index (χ3v) is 3.23. The molecule has 0 amide bonds. The number of benzene rings is 1. The molecule has 1 N–H and O–H groups in total. The Morgan fingerprint density at radius 1 is 1.25 bits per heavy atom. The molecule has 1 aromatic heterocycles. The van der Waals surface area contributed by atoms with Gasteiger partial charge in [-0.25, -0.2) is 0 Å². The molecule has 108 valence electrons. The van der Waals surface area contributed by atoms with Crippen molar-refractivity contribution in [2.45, 2.75) is 45.8 Å². The number of para-hydroxylation sites is 1. The summed E-state index contributed by atoms with van der Waals surface area (Å²) in [5, 5.41) is 4.56. The fourth-order valence-electron chi connectivity index (χ4n) is 2.20. The van der Waals surface area contributed by atoms with Crippen LogP contribution in [-0.4, -0.2) is 23.7 Å². The zero-order valence-electron chi connectivity index (χ0n) is 12.6. The van der Waals surface area contributed by atoms with Gasteiger partial charge in [0, 0.05) is 18.0 Å². The molecular weight excluding hydrogens is 248 g/mol. The Bertz CT molecular complexity index is 539. The second kappa shape index (κ2) is 7.25. The lowest BCUT2D eigenvalue weighted by atomic mass is 10.2. The van der Waals surface area contributed by atoms with E-state index in [1.165, 1.54) is 0 Å². The lowest BCUT2D eigenvalue weighted by molar-refractivity contribution is 0.183. The molecule has 0 aliphatic rings. The molecule has 1 aromatic carbocycles. The van der Waals surface area contributed by atoms with Gasteiger partial charge in [0.1, 0.15) is 11.9 Å². The average molecular weight is 272 g/mol. The van der Waals surface area contributed by atoms with Gasteiger partial charge >= 0.3 is 0 Å². The zero-order chi connectivity index (χ0) is 14.4. The number of nitrogens with one attached hydrogen (secondary N) is 1. The van der Waals surface area contributed by atoms with E-state index in [-0.39, 0.29) is 6.10 Å². The van der Waals surface area contributed by atoms with Crippen molar-refractivity contribution < 1.29 is 4.74 Å². The molecule has 2 aromatic rings. The first-order valence-electron chi connectivity index (χ1n) is 7.44. The summed E-state index contributed by atoms with van der Waals surface area (Å²) < 4.78 is 6.09. The Morgan fingerprint density at radius 3 is 2.80 bits per heavy atom. The van der Waals surface area contributed by atoms with Crippen molar-refractivity contribution in [2.75, 3.05) is 6.54 Å². The van der Waals surface area contributed by atoms with Crippen molar-refractivity contribution in [1.29, 1.82) is 0 Å². The molecule has 0 bridgehead atoms. The average Bonchev–Trinajstić information content (AvgIpc) is 2.45. The number of pyridine rings is 1. The summed E-state index contributed by atoms with van der Waals surface area (Å²) in [6.45, 7) is 7.36. The molecule has 0 aliphatic carbocycles. The van der Waals surface area contributed by atoms with E-state index in [4.69, 9.17) is 4.74 Å². The summed E-state index contributed by atoms with van der Waals surface area (Å²) in [5.41, 5.74) is 1.01. The normalized spacial score (nSPS) is 12.8. The maximum absolute atomic E-state index is 6.09. The molecule has 20 heavy (non-hydrogen) atoms. The molecule has 2 rings (SSSR count). The first-order valence-corrected chi connectivity index (χ1v) is 7.44. The third kappa shape index (κ3) is 4.20. The van der Waals surface area contributed by atoms with E-state index >= 15 is 0 Å². The Labute approximate surface area is 121 Å². The molecule has 0 saturated carbocycles. The van der Waals surface area contributed by atoms with Gasteiger partial charge < -0.3 is 10.1 Å². The minimum atomic E-state index is 0.199. The van der Waals surface area contributed by atoms with Gasteiger partial charge in [-0.3, -0.25) is 4.98 Å². The largest absolute Gasteiger partial charge is 0.487 e. The van der Waals surface area contributed by atoms with Crippen molar-refractivity contribution in [3.8, 4) is 5.75 Å². The van der Waals surface area contributed by atoms with Gasteiger partial charge in [-0.1, -0.05) is 45.4 Å². The highest BCUT2D eigenvalue weighted by Gasteiger charge is 2.10. The van der Waals surface area contributed by atoms with Crippen LogP contribution in [0, 0.1) is 0 Å². The Morgan fingerprint density at radius 2 is 2.05 bits per heavy atom. The molecular formula is C17H24N2O. The fraction of sp³-hybridized carbons (Fsp3) is 0.471. The van der Waals surface area contributed by atoms with Gasteiger partial charge in [-0.2, -0.15) is 0 Å². The van der Waals surface area contributed by atoms with E-state index in [9.17, 15) is 0 Å². The number of fused-ring (bicyclic) bond motifs is 1. The van der Waals surface area contributed by atoms with E-state index in [1.54, 1.807) is 0 Å². The van der Waals surface area contributed by atoms with Crippen LogP contribution in [0.25, 0.3) is 10.9 Å². The lowest BCUT2D eigenvalue weighted by Crippen LogP contribution is -2.35. The maximum atomic E-state index is 6.09. The molecule has 0 aliphatic heterocycles. The number of hydrogen-bond donors (Lipinski definition) is 1. The van der Waals surface area contributed by atoms with E-state index < -0.39 is 0 Å². The second-order valence-electron chi connectivity index (χ2n) is 5.46. The summed E-state index contributed by atoms with van der Waals surface area (Å²) in [6, 6.07) is 10.7. The van der Waals surface area contributed by atoms with Gasteiger partial charge in [-0.15, -0.1) is 0 Å². The second-order valence-corrected chi connectivity index (χ2v) is 5.46. The van der Waals surface area contributed by atoms with Gasteiger partial charge in [0.2, 0.25) is 0 Å². The molecule has 0 saturated heterocycles. The summed E-state index contributed by atoms with van der Waals surface area (Å²) in [7, 11) is 0. The monoisotopic (exact) mass is 272 g/mol. The van der Waals surface area contributed by atoms with Crippen LogP contribution in [0.2, 0.25) is 0 Å². The minimum Gasteiger partial charge on any atom is -0.487 e. The van der Waals surface area contributed by atoms with Crippen LogP contribution in [0.4, 0.5) is 0 Å². The summed E-state index contributed by atoms with van der Waals surface area (Å²) >= 11 is 0. The number of rotatable bonds is 7. The van der Waals surface area contributed by atoms with Crippen molar-refractivity contribution >= 4 is 10.9 Å². The summed E-state index contributed by atoms with van der Waals surface area (Å²) in [6.07, 6.45) is 4.18. The zero-order valence-corrected chi connectivity index (χ0v) is 12.6. The minimum absolute atomic E-state index is 0.199.